The van der Waals surface area contributed by atoms with Gasteiger partial charge in [-0.3, -0.25) is 0 Å². The Morgan fingerprint density at radius 1 is 0.750 bits per heavy atom. The predicted molar refractivity (Wildman–Crippen MR) is 131 cm³/mol. The summed E-state index contributed by atoms with van der Waals surface area (Å²) in [6.07, 6.45) is 6.30. The summed E-state index contributed by atoms with van der Waals surface area (Å²) in [7, 11) is 0. The third kappa shape index (κ3) is 3.80. The summed E-state index contributed by atoms with van der Waals surface area (Å²) in [6.45, 7) is 0. The number of hydrogen-bond donors (Lipinski definition) is 0. The Labute approximate surface area is 219 Å². The second kappa shape index (κ2) is 9.46. The van der Waals surface area contributed by atoms with E-state index in [9.17, 15) is 0 Å². The molecule has 1 radical (unpaired) electrons. The van der Waals surface area contributed by atoms with E-state index in [1.807, 2.05) is 60.7 Å². The van der Waals surface area contributed by atoms with E-state index < -0.39 is 0 Å². The SMILES string of the molecule is N#Cc1cnc(-c2ccc(-n3c4cc[c-]cc4c4ccccc43)c(-c3cnc(C#N)nc3)c2)nc1.[Ru+]. The Morgan fingerprint density at radius 3 is 2.25 bits per heavy atom. The molecule has 0 unspecified atom stereocenters. The molecule has 0 atom stereocenters. The van der Waals surface area contributed by atoms with E-state index in [1.54, 1.807) is 12.4 Å². The first-order valence-corrected chi connectivity index (χ1v) is 10.8. The zero-order valence-corrected chi connectivity index (χ0v) is 20.3. The van der Waals surface area contributed by atoms with E-state index >= 15 is 0 Å². The monoisotopic (exact) mass is 550 g/mol. The summed E-state index contributed by atoms with van der Waals surface area (Å²) in [4.78, 5) is 17.1. The summed E-state index contributed by atoms with van der Waals surface area (Å²) in [5, 5.41) is 20.5. The Morgan fingerprint density at radius 2 is 1.50 bits per heavy atom. The Kier molecular flexibility index (Phi) is 6.04. The number of fused-ring (bicyclic) bond motifs is 3. The first-order chi connectivity index (χ1) is 17.3. The molecular formula is C28H14N7Ru. The van der Waals surface area contributed by atoms with Crippen molar-refractivity contribution in [3.63, 3.8) is 0 Å². The second-order valence-electron chi connectivity index (χ2n) is 7.84. The van der Waals surface area contributed by atoms with Gasteiger partial charge in [0.1, 0.15) is 12.1 Å². The maximum Gasteiger partial charge on any atom is 1.00 e. The molecule has 0 saturated carbocycles. The van der Waals surface area contributed by atoms with Gasteiger partial charge in [-0.1, -0.05) is 23.7 Å². The molecule has 3 heterocycles. The van der Waals surface area contributed by atoms with Crippen LogP contribution in [0.1, 0.15) is 11.4 Å². The number of nitrogens with zero attached hydrogens (tertiary/aromatic N) is 7. The maximum absolute atomic E-state index is 9.15. The van der Waals surface area contributed by atoms with Crippen LogP contribution in [0, 0.1) is 28.7 Å². The van der Waals surface area contributed by atoms with Gasteiger partial charge >= 0.3 is 19.5 Å². The average Bonchev–Trinajstić information content (AvgIpc) is 3.27. The molecule has 36 heavy (non-hydrogen) atoms. The number of aromatic nitrogens is 5. The summed E-state index contributed by atoms with van der Waals surface area (Å²) in [6, 6.07) is 27.3. The van der Waals surface area contributed by atoms with Crippen molar-refractivity contribution in [3.05, 3.63) is 103 Å². The molecule has 0 N–H and O–H groups in total. The fourth-order valence-electron chi connectivity index (χ4n) is 4.28. The van der Waals surface area contributed by atoms with Crippen molar-refractivity contribution in [1.29, 1.82) is 10.5 Å². The number of hydrogen-bond acceptors (Lipinski definition) is 6. The predicted octanol–water partition coefficient (Wildman–Crippen LogP) is 5.24. The van der Waals surface area contributed by atoms with Gasteiger partial charge in [0.15, 0.2) is 5.82 Å². The molecule has 6 aromatic rings. The van der Waals surface area contributed by atoms with Crippen molar-refractivity contribution in [3.8, 4) is 40.3 Å². The fraction of sp³-hybridized carbons (Fsp3) is 0. The molecule has 0 aliphatic rings. The third-order valence-corrected chi connectivity index (χ3v) is 5.86. The van der Waals surface area contributed by atoms with E-state index in [2.05, 4.69) is 42.7 Å². The minimum absolute atomic E-state index is 0. The van der Waals surface area contributed by atoms with Gasteiger partial charge in [0.25, 0.3) is 0 Å². The molecule has 0 aliphatic heterocycles. The number of rotatable bonds is 3. The van der Waals surface area contributed by atoms with Crippen molar-refractivity contribution in [2.45, 2.75) is 0 Å². The van der Waals surface area contributed by atoms with Gasteiger partial charge in [-0.2, -0.15) is 28.7 Å². The minimum Gasteiger partial charge on any atom is -0.333 e. The first-order valence-electron chi connectivity index (χ1n) is 10.8. The largest absolute Gasteiger partial charge is 1.00 e. The van der Waals surface area contributed by atoms with Crippen LogP contribution in [-0.4, -0.2) is 24.5 Å². The van der Waals surface area contributed by atoms with Crippen LogP contribution in [0.2, 0.25) is 0 Å². The van der Waals surface area contributed by atoms with Crippen LogP contribution in [0.3, 0.4) is 0 Å². The van der Waals surface area contributed by atoms with Gasteiger partial charge in [0.2, 0.25) is 5.82 Å². The second-order valence-corrected chi connectivity index (χ2v) is 7.84. The number of nitriles is 2. The van der Waals surface area contributed by atoms with Gasteiger partial charge in [-0.25, -0.2) is 19.9 Å². The van der Waals surface area contributed by atoms with Gasteiger partial charge < -0.3 is 4.57 Å². The van der Waals surface area contributed by atoms with E-state index in [4.69, 9.17) is 10.5 Å². The molecule has 169 valence electrons. The minimum atomic E-state index is 0. The summed E-state index contributed by atoms with van der Waals surface area (Å²) in [5.41, 5.74) is 5.81. The standard InChI is InChI=1S/C28H14N7.Ru/c29-12-18-14-33-28(34-15-18)19-9-10-26(23(11-19)20-16-31-27(13-30)32-17-20)35-24-7-3-1-5-21(24)22-6-2-4-8-25(22)35;/h1,3-11,14-17H;/q-1;+1. The van der Waals surface area contributed by atoms with Crippen LogP contribution < -0.4 is 0 Å². The van der Waals surface area contributed by atoms with Gasteiger partial charge in [-0.15, -0.1) is 11.5 Å². The molecule has 0 saturated heterocycles. The molecule has 0 aliphatic carbocycles. The van der Waals surface area contributed by atoms with Crippen molar-refractivity contribution >= 4 is 21.8 Å². The smallest absolute Gasteiger partial charge is 0.333 e. The first kappa shape index (κ1) is 23.0. The molecule has 3 aromatic heterocycles. The quantitative estimate of drug-likeness (QED) is 0.221. The van der Waals surface area contributed by atoms with Crippen LogP contribution in [-0.2, 0) is 19.5 Å². The molecule has 0 fully saturated rings. The molecule has 0 amide bonds. The van der Waals surface area contributed by atoms with Crippen LogP contribution in [0.4, 0.5) is 0 Å². The van der Waals surface area contributed by atoms with Crippen molar-refractivity contribution in [2.24, 2.45) is 0 Å². The third-order valence-electron chi connectivity index (χ3n) is 5.86. The molecule has 3 aromatic carbocycles. The van der Waals surface area contributed by atoms with E-state index in [0.29, 0.717) is 11.4 Å². The summed E-state index contributed by atoms with van der Waals surface area (Å²) >= 11 is 0. The van der Waals surface area contributed by atoms with Crippen molar-refractivity contribution in [1.82, 2.24) is 24.5 Å². The summed E-state index contributed by atoms with van der Waals surface area (Å²) < 4.78 is 2.20. The maximum atomic E-state index is 9.15. The number of para-hydroxylation sites is 1. The van der Waals surface area contributed by atoms with Gasteiger partial charge in [-0.05, 0) is 29.7 Å². The molecule has 8 heteroatoms. The average molecular weight is 550 g/mol. The van der Waals surface area contributed by atoms with E-state index in [1.165, 1.54) is 12.4 Å². The molecule has 6 rings (SSSR count). The van der Waals surface area contributed by atoms with Crippen molar-refractivity contribution in [2.75, 3.05) is 0 Å². The zero-order chi connectivity index (χ0) is 23.8. The fourth-order valence-corrected chi connectivity index (χ4v) is 4.28. The topological polar surface area (TPSA) is 104 Å². The Hall–Kier alpha value is -4.78. The normalized spacial score (nSPS) is 10.5. The van der Waals surface area contributed by atoms with Gasteiger partial charge in [0.05, 0.1) is 11.3 Å². The number of benzene rings is 3. The Balaban J connectivity index is 0.00000267. The van der Waals surface area contributed by atoms with Crippen molar-refractivity contribution < 1.29 is 19.5 Å². The molecule has 0 spiro atoms. The molecular weight excluding hydrogens is 535 g/mol. The van der Waals surface area contributed by atoms with E-state index in [0.717, 1.165) is 44.2 Å². The zero-order valence-electron chi connectivity index (χ0n) is 18.6. The van der Waals surface area contributed by atoms with Crippen LogP contribution >= 0.6 is 0 Å². The van der Waals surface area contributed by atoms with Crippen LogP contribution in [0.5, 0.6) is 0 Å². The van der Waals surface area contributed by atoms with Gasteiger partial charge in [0, 0.05) is 47.0 Å². The molecule has 0 bridgehead atoms. The van der Waals surface area contributed by atoms with Crippen LogP contribution in [0.15, 0.2) is 85.5 Å². The van der Waals surface area contributed by atoms with E-state index in [-0.39, 0.29) is 25.3 Å². The summed E-state index contributed by atoms with van der Waals surface area (Å²) in [5.74, 6) is 0.609. The molecule has 7 nitrogen and oxygen atoms in total. The van der Waals surface area contributed by atoms with Crippen LogP contribution in [0.25, 0.3) is 50.0 Å². The Bertz CT molecular complexity index is 1760.